The number of carbonyl (C=O) groups excluding carboxylic acids is 2. The molecule has 0 fully saturated rings. The molecule has 172 valence electrons. The quantitative estimate of drug-likeness (QED) is 0.363. The van der Waals surface area contributed by atoms with E-state index in [1.165, 1.54) is 10.6 Å². The first-order chi connectivity index (χ1) is 16.4. The summed E-state index contributed by atoms with van der Waals surface area (Å²) in [5, 5.41) is 30.0. The molecule has 4 N–H and O–H groups in total. The van der Waals surface area contributed by atoms with Crippen LogP contribution in [-0.4, -0.2) is 42.7 Å². The summed E-state index contributed by atoms with van der Waals surface area (Å²) in [5.74, 6) is -0.689. The monoisotopic (exact) mass is 457 g/mol. The summed E-state index contributed by atoms with van der Waals surface area (Å²) in [5.41, 5.74) is 3.99. The highest BCUT2D eigenvalue weighted by Crippen LogP contribution is 2.31. The van der Waals surface area contributed by atoms with Crippen LogP contribution < -0.4 is 10.6 Å². The Morgan fingerprint density at radius 3 is 2.71 bits per heavy atom. The fourth-order valence-electron chi connectivity index (χ4n) is 4.25. The van der Waals surface area contributed by atoms with E-state index in [0.717, 1.165) is 16.7 Å². The molecule has 0 spiro atoms. The van der Waals surface area contributed by atoms with E-state index >= 15 is 0 Å². The average Bonchev–Trinajstić information content (AvgIpc) is 3.39. The third-order valence-corrected chi connectivity index (χ3v) is 5.92. The van der Waals surface area contributed by atoms with E-state index in [9.17, 15) is 19.8 Å². The van der Waals surface area contributed by atoms with E-state index in [0.29, 0.717) is 17.8 Å². The molecule has 9 heteroatoms. The van der Waals surface area contributed by atoms with Crippen LogP contribution in [0.2, 0.25) is 0 Å². The lowest BCUT2D eigenvalue weighted by Gasteiger charge is -2.18. The zero-order valence-electron chi connectivity index (χ0n) is 18.4. The molecule has 2 aromatic carbocycles. The molecule has 1 aliphatic rings. The summed E-state index contributed by atoms with van der Waals surface area (Å²) in [7, 11) is 0. The number of nitrogens with zero attached hydrogens (tertiary/aromatic N) is 3. The smallest absolute Gasteiger partial charge is 0.272 e. The van der Waals surface area contributed by atoms with Gasteiger partial charge in [0.1, 0.15) is 11.4 Å². The van der Waals surface area contributed by atoms with Crippen molar-refractivity contribution in [2.45, 2.75) is 32.0 Å². The van der Waals surface area contributed by atoms with Crippen molar-refractivity contribution < 1.29 is 19.8 Å². The lowest BCUT2D eigenvalue weighted by atomic mass is 10.1. The molecular formula is C25H23N5O4. The second-order valence-corrected chi connectivity index (χ2v) is 8.36. The molecule has 2 atom stereocenters. The third-order valence-electron chi connectivity index (χ3n) is 5.92. The second-order valence-electron chi connectivity index (χ2n) is 8.36. The van der Waals surface area contributed by atoms with Gasteiger partial charge in [0.2, 0.25) is 0 Å². The Morgan fingerprint density at radius 1 is 1.06 bits per heavy atom. The number of phenolic OH excluding ortho intramolecular Hbond substituents is 1. The molecule has 2 heterocycles. The Hall–Kier alpha value is -4.24. The number of carbonyl (C=O) groups is 2. The minimum Gasteiger partial charge on any atom is -0.508 e. The first kappa shape index (κ1) is 21.6. The molecule has 0 saturated carbocycles. The van der Waals surface area contributed by atoms with Gasteiger partial charge < -0.3 is 20.8 Å². The number of nitrogens with one attached hydrogen (secondary N) is 2. The van der Waals surface area contributed by atoms with Crippen LogP contribution in [0.5, 0.6) is 5.75 Å². The van der Waals surface area contributed by atoms with Crippen LogP contribution in [0.15, 0.2) is 60.7 Å². The van der Waals surface area contributed by atoms with Crippen molar-refractivity contribution in [3.63, 3.8) is 0 Å². The van der Waals surface area contributed by atoms with Crippen LogP contribution in [0.4, 0.5) is 0 Å². The Kier molecular flexibility index (Phi) is 5.46. The van der Waals surface area contributed by atoms with Crippen LogP contribution in [0.1, 0.15) is 49.4 Å². The molecule has 9 nitrogen and oxygen atoms in total. The average molecular weight is 457 g/mol. The number of aromatic hydroxyl groups is 1. The highest BCUT2D eigenvalue weighted by atomic mass is 16.3. The largest absolute Gasteiger partial charge is 0.508 e. The fourth-order valence-corrected chi connectivity index (χ4v) is 4.25. The number of rotatable bonds is 5. The molecule has 2 amide bonds. The number of aliphatic hydroxyl groups excluding tert-OH is 1. The number of hydrogen-bond acceptors (Lipinski definition) is 6. The summed E-state index contributed by atoms with van der Waals surface area (Å²) in [6.07, 6.45) is -0.223. The third kappa shape index (κ3) is 4.08. The molecule has 4 aromatic rings. The molecule has 0 bridgehead atoms. The van der Waals surface area contributed by atoms with Crippen molar-refractivity contribution in [2.24, 2.45) is 0 Å². The van der Waals surface area contributed by atoms with Gasteiger partial charge in [-0.25, -0.2) is 9.50 Å². The minimum absolute atomic E-state index is 0.124. The number of amides is 2. The van der Waals surface area contributed by atoms with E-state index < -0.39 is 24.0 Å². The summed E-state index contributed by atoms with van der Waals surface area (Å²) in [4.78, 5) is 30.0. The van der Waals surface area contributed by atoms with Gasteiger partial charge in [0.15, 0.2) is 11.3 Å². The van der Waals surface area contributed by atoms with Crippen LogP contribution in [-0.2, 0) is 13.0 Å². The SMILES string of the molecule is Cc1cc(C(=O)NC2c3ccccc3CC2O)nc2cc(C(=O)NCc3cccc(O)c3)nn12. The van der Waals surface area contributed by atoms with Crippen LogP contribution in [0.3, 0.4) is 0 Å². The van der Waals surface area contributed by atoms with Crippen molar-refractivity contribution in [1.82, 2.24) is 25.2 Å². The summed E-state index contributed by atoms with van der Waals surface area (Å²) < 4.78 is 1.50. The van der Waals surface area contributed by atoms with Crippen molar-refractivity contribution in [2.75, 3.05) is 0 Å². The zero-order chi connectivity index (χ0) is 23.8. The lowest BCUT2D eigenvalue weighted by Crippen LogP contribution is -2.34. The number of aryl methyl sites for hydroxylation is 1. The molecule has 0 saturated heterocycles. The standard InChI is InChI=1S/C25H23N5O4/c1-14-9-19(25(34)28-23-18-8-3-2-6-16(18)11-21(23)32)27-22-12-20(29-30(14)22)24(33)26-13-15-5-4-7-17(31)10-15/h2-10,12,21,23,31-32H,11,13H2,1H3,(H,26,33)(H,28,34). The number of phenols is 1. The van der Waals surface area contributed by atoms with Gasteiger partial charge in [0, 0.05) is 24.7 Å². The zero-order valence-corrected chi connectivity index (χ0v) is 18.4. The molecular weight excluding hydrogens is 434 g/mol. The van der Waals surface area contributed by atoms with E-state index in [2.05, 4.69) is 20.7 Å². The van der Waals surface area contributed by atoms with Crippen molar-refractivity contribution in [3.8, 4) is 5.75 Å². The first-order valence-corrected chi connectivity index (χ1v) is 10.9. The van der Waals surface area contributed by atoms with Gasteiger partial charge >= 0.3 is 0 Å². The highest BCUT2D eigenvalue weighted by Gasteiger charge is 2.32. The van der Waals surface area contributed by atoms with Crippen LogP contribution in [0.25, 0.3) is 5.65 Å². The topological polar surface area (TPSA) is 129 Å². The molecule has 0 radical (unpaired) electrons. The van der Waals surface area contributed by atoms with Crippen molar-refractivity contribution in [3.05, 3.63) is 94.4 Å². The van der Waals surface area contributed by atoms with Gasteiger partial charge in [-0.2, -0.15) is 5.10 Å². The fraction of sp³-hybridized carbons (Fsp3) is 0.200. The van der Waals surface area contributed by atoms with Gasteiger partial charge in [-0.3, -0.25) is 9.59 Å². The molecule has 0 aliphatic heterocycles. The van der Waals surface area contributed by atoms with Crippen LogP contribution >= 0.6 is 0 Å². The summed E-state index contributed by atoms with van der Waals surface area (Å²) >= 11 is 0. The van der Waals surface area contributed by atoms with Gasteiger partial charge in [-0.1, -0.05) is 36.4 Å². The van der Waals surface area contributed by atoms with Crippen molar-refractivity contribution in [1.29, 1.82) is 0 Å². The maximum atomic E-state index is 13.0. The molecule has 2 aromatic heterocycles. The highest BCUT2D eigenvalue weighted by molar-refractivity contribution is 5.95. The van der Waals surface area contributed by atoms with E-state index in [4.69, 9.17) is 0 Å². The summed E-state index contributed by atoms with van der Waals surface area (Å²) in [6, 6.07) is 16.8. The molecule has 34 heavy (non-hydrogen) atoms. The molecule has 1 aliphatic carbocycles. The molecule has 2 unspecified atom stereocenters. The van der Waals surface area contributed by atoms with Gasteiger partial charge in [0.05, 0.1) is 12.1 Å². The second kappa shape index (κ2) is 8.60. The van der Waals surface area contributed by atoms with Gasteiger partial charge in [-0.15, -0.1) is 0 Å². The Balaban J connectivity index is 1.34. The maximum absolute atomic E-state index is 13.0. The first-order valence-electron chi connectivity index (χ1n) is 10.9. The lowest BCUT2D eigenvalue weighted by molar-refractivity contribution is 0.0853. The molecule has 5 rings (SSSR count). The van der Waals surface area contributed by atoms with Crippen molar-refractivity contribution >= 4 is 17.5 Å². The van der Waals surface area contributed by atoms with Gasteiger partial charge in [-0.05, 0) is 41.8 Å². The number of aromatic nitrogens is 3. The number of aliphatic hydroxyl groups is 1. The predicted octanol–water partition coefficient (Wildman–Crippen LogP) is 2.06. The van der Waals surface area contributed by atoms with E-state index in [1.54, 1.807) is 37.3 Å². The Morgan fingerprint density at radius 2 is 1.88 bits per heavy atom. The number of fused-ring (bicyclic) bond motifs is 2. The number of hydrogen-bond donors (Lipinski definition) is 4. The Labute approximate surface area is 195 Å². The van der Waals surface area contributed by atoms with Crippen LogP contribution in [0, 0.1) is 6.92 Å². The van der Waals surface area contributed by atoms with E-state index in [-0.39, 0.29) is 23.7 Å². The summed E-state index contributed by atoms with van der Waals surface area (Å²) in [6.45, 7) is 2.00. The normalized spacial score (nSPS) is 16.9. The van der Waals surface area contributed by atoms with Gasteiger partial charge in [0.25, 0.3) is 11.8 Å². The minimum atomic E-state index is -0.706. The Bertz CT molecular complexity index is 1410. The predicted molar refractivity (Wildman–Crippen MR) is 123 cm³/mol. The van der Waals surface area contributed by atoms with E-state index in [1.807, 2.05) is 24.3 Å². The number of benzene rings is 2. The maximum Gasteiger partial charge on any atom is 0.272 e.